The third-order valence-electron chi connectivity index (χ3n) is 3.82. The average molecular weight is 406 g/mol. The van der Waals surface area contributed by atoms with Crippen molar-refractivity contribution in [3.8, 4) is 0 Å². The minimum atomic E-state index is -1.70. The number of anilines is 1. The number of ether oxygens (including phenoxy) is 1. The van der Waals surface area contributed by atoms with E-state index in [1.165, 1.54) is 38.4 Å². The van der Waals surface area contributed by atoms with Gasteiger partial charge in [0.05, 0.1) is 24.9 Å². The van der Waals surface area contributed by atoms with Gasteiger partial charge in [-0.1, -0.05) is 12.1 Å². The number of methoxy groups -OCH3 is 1. The molecule has 0 fully saturated rings. The molecule has 0 aliphatic carbocycles. The molecule has 0 atom stereocenters. The zero-order valence-electron chi connectivity index (χ0n) is 15.5. The molecule has 0 aliphatic heterocycles. The minimum Gasteiger partial charge on any atom is -0.465 e. The Balaban J connectivity index is 1.94. The number of halogens is 3. The molecule has 152 valence electrons. The lowest BCUT2D eigenvalue weighted by Gasteiger charge is -2.15. The lowest BCUT2D eigenvalue weighted by atomic mass is 10.1. The standard InChI is InChI=1S/C20H17F3N2O4/c1-25(11-16(26)24-15-9-8-14(21)18(22)19(15)23)17(27)10-5-12-3-6-13(7-4-12)20(28)29-2/h3-10H,11H2,1-2H3,(H,24,26)/b10-5+. The first kappa shape index (κ1) is 21.7. The molecule has 9 heteroatoms. The molecule has 2 aromatic carbocycles. The van der Waals surface area contributed by atoms with Gasteiger partial charge in [-0.25, -0.2) is 18.0 Å². The van der Waals surface area contributed by atoms with Crippen LogP contribution >= 0.6 is 0 Å². The molecule has 0 heterocycles. The second-order valence-corrected chi connectivity index (χ2v) is 5.91. The number of amides is 2. The van der Waals surface area contributed by atoms with Gasteiger partial charge in [0.15, 0.2) is 17.5 Å². The summed E-state index contributed by atoms with van der Waals surface area (Å²) in [6.45, 7) is -0.442. The van der Waals surface area contributed by atoms with Gasteiger partial charge in [-0.05, 0) is 35.9 Å². The van der Waals surface area contributed by atoms with Crippen LogP contribution in [-0.4, -0.2) is 43.4 Å². The van der Waals surface area contributed by atoms with Gasteiger partial charge in [0.25, 0.3) is 0 Å². The van der Waals surface area contributed by atoms with Crippen molar-refractivity contribution >= 4 is 29.5 Å². The molecule has 0 saturated carbocycles. The number of esters is 1. The van der Waals surface area contributed by atoms with Crippen LogP contribution in [0.1, 0.15) is 15.9 Å². The van der Waals surface area contributed by atoms with E-state index in [4.69, 9.17) is 0 Å². The van der Waals surface area contributed by atoms with Gasteiger partial charge in [0.2, 0.25) is 11.8 Å². The van der Waals surface area contributed by atoms with Crippen LogP contribution in [0.25, 0.3) is 6.08 Å². The van der Waals surface area contributed by atoms with Gasteiger partial charge in [-0.2, -0.15) is 0 Å². The molecule has 0 bridgehead atoms. The van der Waals surface area contributed by atoms with E-state index < -0.39 is 47.5 Å². The first-order valence-electron chi connectivity index (χ1n) is 8.28. The number of likely N-dealkylation sites (N-methyl/N-ethyl adjacent to an activating group) is 1. The molecule has 29 heavy (non-hydrogen) atoms. The van der Waals surface area contributed by atoms with Crippen LogP contribution in [0.5, 0.6) is 0 Å². The van der Waals surface area contributed by atoms with Crippen LogP contribution in [0.2, 0.25) is 0 Å². The molecule has 1 N–H and O–H groups in total. The summed E-state index contributed by atoms with van der Waals surface area (Å²) in [6, 6.07) is 7.83. The molecular formula is C20H17F3N2O4. The van der Waals surface area contributed by atoms with Crippen molar-refractivity contribution in [3.63, 3.8) is 0 Å². The van der Waals surface area contributed by atoms with E-state index in [0.717, 1.165) is 11.0 Å². The molecule has 2 rings (SSSR count). The third kappa shape index (κ3) is 5.68. The molecule has 0 unspecified atom stereocenters. The molecule has 6 nitrogen and oxygen atoms in total. The lowest BCUT2D eigenvalue weighted by Crippen LogP contribution is -2.34. The fraction of sp³-hybridized carbons (Fsp3) is 0.150. The van der Waals surface area contributed by atoms with E-state index in [9.17, 15) is 27.6 Å². The van der Waals surface area contributed by atoms with Gasteiger partial charge in [0.1, 0.15) is 0 Å². The summed E-state index contributed by atoms with van der Waals surface area (Å²) in [5, 5.41) is 2.08. The van der Waals surface area contributed by atoms with E-state index in [1.807, 2.05) is 0 Å². The first-order chi connectivity index (χ1) is 13.7. The molecule has 2 aromatic rings. The van der Waals surface area contributed by atoms with Crippen LogP contribution < -0.4 is 5.32 Å². The van der Waals surface area contributed by atoms with Crippen molar-refractivity contribution in [2.75, 3.05) is 26.0 Å². The van der Waals surface area contributed by atoms with Gasteiger partial charge in [-0.3, -0.25) is 9.59 Å². The van der Waals surface area contributed by atoms with Crippen molar-refractivity contribution < 1.29 is 32.3 Å². The average Bonchev–Trinajstić information content (AvgIpc) is 2.72. The Labute approximate surface area is 164 Å². The maximum Gasteiger partial charge on any atom is 0.337 e. The number of nitrogens with one attached hydrogen (secondary N) is 1. The van der Waals surface area contributed by atoms with Crippen LogP contribution in [0.15, 0.2) is 42.5 Å². The normalized spacial score (nSPS) is 10.7. The van der Waals surface area contributed by atoms with Crippen LogP contribution in [0.3, 0.4) is 0 Å². The smallest absolute Gasteiger partial charge is 0.337 e. The van der Waals surface area contributed by atoms with Gasteiger partial charge in [-0.15, -0.1) is 0 Å². The summed E-state index contributed by atoms with van der Waals surface area (Å²) < 4.78 is 44.3. The zero-order valence-corrected chi connectivity index (χ0v) is 15.5. The molecule has 0 aromatic heterocycles. The number of carbonyl (C=O) groups excluding carboxylic acids is 3. The summed E-state index contributed by atoms with van der Waals surface area (Å²) in [7, 11) is 2.61. The number of hydrogen-bond donors (Lipinski definition) is 1. The monoisotopic (exact) mass is 406 g/mol. The fourth-order valence-electron chi connectivity index (χ4n) is 2.25. The minimum absolute atomic E-state index is 0.356. The van der Waals surface area contributed by atoms with Gasteiger partial charge < -0.3 is 15.0 Å². The Kier molecular flexibility index (Phi) is 7.13. The second-order valence-electron chi connectivity index (χ2n) is 5.91. The van der Waals surface area contributed by atoms with Crippen molar-refractivity contribution in [2.45, 2.75) is 0 Å². The van der Waals surface area contributed by atoms with E-state index in [0.29, 0.717) is 17.2 Å². The number of rotatable bonds is 6. The number of nitrogens with zero attached hydrogens (tertiary/aromatic N) is 1. The third-order valence-corrected chi connectivity index (χ3v) is 3.82. The summed E-state index contributed by atoms with van der Waals surface area (Å²) in [5.41, 5.74) is 0.456. The molecule has 0 spiro atoms. The molecule has 0 aliphatic rings. The molecule has 0 saturated heterocycles. The summed E-state index contributed by atoms with van der Waals surface area (Å²) in [6.07, 6.45) is 2.69. The fourth-order valence-corrected chi connectivity index (χ4v) is 2.25. The Morgan fingerprint density at radius 3 is 2.31 bits per heavy atom. The highest BCUT2D eigenvalue weighted by atomic mass is 19.2. The topological polar surface area (TPSA) is 75.7 Å². The maximum atomic E-state index is 13.6. The van der Waals surface area contributed by atoms with Crippen molar-refractivity contribution in [1.29, 1.82) is 0 Å². The maximum absolute atomic E-state index is 13.6. The Hall–Kier alpha value is -3.62. The molecular weight excluding hydrogens is 389 g/mol. The molecule has 2 amide bonds. The summed E-state index contributed by atoms with van der Waals surface area (Å²) in [5.74, 6) is -6.40. The van der Waals surface area contributed by atoms with Crippen LogP contribution in [0.4, 0.5) is 18.9 Å². The Morgan fingerprint density at radius 2 is 1.69 bits per heavy atom. The largest absolute Gasteiger partial charge is 0.465 e. The number of benzene rings is 2. The van der Waals surface area contributed by atoms with Gasteiger partial charge >= 0.3 is 5.97 Å². The van der Waals surface area contributed by atoms with E-state index in [-0.39, 0.29) is 0 Å². The van der Waals surface area contributed by atoms with E-state index in [2.05, 4.69) is 10.1 Å². The SMILES string of the molecule is COC(=O)c1ccc(/C=C/C(=O)N(C)CC(=O)Nc2ccc(F)c(F)c2F)cc1. The van der Waals surface area contributed by atoms with Crippen molar-refractivity contribution in [3.05, 3.63) is 71.1 Å². The highest BCUT2D eigenvalue weighted by Crippen LogP contribution is 2.19. The lowest BCUT2D eigenvalue weighted by molar-refractivity contribution is -0.129. The second kappa shape index (κ2) is 9.54. The van der Waals surface area contributed by atoms with Crippen molar-refractivity contribution in [1.82, 2.24) is 4.90 Å². The predicted molar refractivity (Wildman–Crippen MR) is 99.4 cm³/mol. The Bertz CT molecular complexity index is 959. The van der Waals surface area contributed by atoms with Crippen LogP contribution in [-0.2, 0) is 14.3 Å². The Morgan fingerprint density at radius 1 is 1.03 bits per heavy atom. The zero-order chi connectivity index (χ0) is 21.6. The van der Waals surface area contributed by atoms with E-state index in [1.54, 1.807) is 12.1 Å². The summed E-state index contributed by atoms with van der Waals surface area (Å²) in [4.78, 5) is 36.4. The van der Waals surface area contributed by atoms with Crippen molar-refractivity contribution in [2.24, 2.45) is 0 Å². The van der Waals surface area contributed by atoms with Gasteiger partial charge in [0, 0.05) is 13.1 Å². The highest BCUT2D eigenvalue weighted by Gasteiger charge is 2.17. The predicted octanol–water partition coefficient (Wildman–Crippen LogP) is 3.00. The number of carbonyl (C=O) groups is 3. The summed E-state index contributed by atoms with van der Waals surface area (Å²) >= 11 is 0. The highest BCUT2D eigenvalue weighted by molar-refractivity contribution is 5.98. The van der Waals surface area contributed by atoms with E-state index >= 15 is 0 Å². The first-order valence-corrected chi connectivity index (χ1v) is 8.28. The van der Waals surface area contributed by atoms with Crippen LogP contribution in [0, 0.1) is 17.5 Å². The number of hydrogen-bond acceptors (Lipinski definition) is 4. The molecule has 0 radical (unpaired) electrons. The quantitative estimate of drug-likeness (QED) is 0.455.